The minimum Gasteiger partial charge on any atom is -0.454 e. The van der Waals surface area contributed by atoms with E-state index in [1.54, 1.807) is 0 Å². The van der Waals surface area contributed by atoms with Gasteiger partial charge in [-0.15, -0.1) is 0 Å². The molecule has 0 aliphatic carbocycles. The molecule has 1 N–H and O–H groups in total. The molecule has 2 aromatic rings. The molecule has 0 saturated carbocycles. The van der Waals surface area contributed by atoms with Gasteiger partial charge in [0, 0.05) is 17.3 Å². The van der Waals surface area contributed by atoms with Crippen molar-refractivity contribution < 1.29 is 23.0 Å². The van der Waals surface area contributed by atoms with Gasteiger partial charge in [0.05, 0.1) is 5.02 Å². The van der Waals surface area contributed by atoms with Crippen molar-refractivity contribution in [3.63, 3.8) is 0 Å². The molecule has 0 atom stereocenters. The number of carbonyl (C=O) groups is 1. The van der Waals surface area contributed by atoms with Crippen LogP contribution in [0.25, 0.3) is 0 Å². The molecule has 1 heterocycles. The summed E-state index contributed by atoms with van der Waals surface area (Å²) < 4.78 is 36.4. The normalized spacial score (nSPS) is 12.3. The molecular formula is C14H8ClF2NO3. The Balaban J connectivity index is 1.87. The average Bonchev–Trinajstić information content (AvgIpc) is 2.86. The van der Waals surface area contributed by atoms with E-state index in [1.807, 2.05) is 0 Å². The number of hydrogen-bond donors (Lipinski definition) is 1. The Bertz CT molecular complexity index is 716. The summed E-state index contributed by atoms with van der Waals surface area (Å²) in [5.74, 6) is -1.42. The summed E-state index contributed by atoms with van der Waals surface area (Å²) >= 11 is 5.97. The summed E-state index contributed by atoms with van der Waals surface area (Å²) in [5, 5.41) is 2.61. The smallest absolute Gasteiger partial charge is 0.255 e. The van der Waals surface area contributed by atoms with Gasteiger partial charge in [0.25, 0.3) is 5.91 Å². The molecule has 0 saturated heterocycles. The van der Waals surface area contributed by atoms with Crippen LogP contribution in [0.2, 0.25) is 5.02 Å². The summed E-state index contributed by atoms with van der Waals surface area (Å²) in [6.07, 6.45) is 0. The molecule has 7 heteroatoms. The molecule has 0 spiro atoms. The highest BCUT2D eigenvalue weighted by Crippen LogP contribution is 2.39. The first-order chi connectivity index (χ1) is 10.0. The number of hydrogen-bond acceptors (Lipinski definition) is 3. The lowest BCUT2D eigenvalue weighted by Gasteiger charge is -2.07. The third-order valence-corrected chi connectivity index (χ3v) is 3.09. The maximum Gasteiger partial charge on any atom is 0.255 e. The fourth-order valence-electron chi connectivity index (χ4n) is 1.93. The third kappa shape index (κ3) is 2.75. The molecule has 21 heavy (non-hydrogen) atoms. The maximum absolute atomic E-state index is 13.1. The second-order valence-corrected chi connectivity index (χ2v) is 4.71. The van der Waals surface area contributed by atoms with Gasteiger partial charge in [0.15, 0.2) is 11.5 Å². The predicted octanol–water partition coefficient (Wildman–Crippen LogP) is 3.60. The number of carbonyl (C=O) groups excluding carboxylic acids is 1. The molecule has 0 bridgehead atoms. The van der Waals surface area contributed by atoms with Gasteiger partial charge in [0.2, 0.25) is 6.79 Å². The topological polar surface area (TPSA) is 47.6 Å². The van der Waals surface area contributed by atoms with Gasteiger partial charge in [-0.25, -0.2) is 8.78 Å². The molecule has 0 unspecified atom stereocenters. The fraction of sp³-hybridized carbons (Fsp3) is 0.0714. The van der Waals surface area contributed by atoms with Crippen molar-refractivity contribution in [3.8, 4) is 11.5 Å². The first-order valence-electron chi connectivity index (χ1n) is 5.89. The Morgan fingerprint density at radius 3 is 2.52 bits per heavy atom. The zero-order chi connectivity index (χ0) is 15.0. The minimum absolute atomic E-state index is 0.00582. The summed E-state index contributed by atoms with van der Waals surface area (Å²) in [4.78, 5) is 12.1. The number of anilines is 1. The zero-order valence-electron chi connectivity index (χ0n) is 10.5. The monoisotopic (exact) mass is 311 g/mol. The highest BCUT2D eigenvalue weighted by atomic mass is 35.5. The minimum atomic E-state index is -0.783. The number of fused-ring (bicyclic) bond motifs is 1. The van der Waals surface area contributed by atoms with Gasteiger partial charge in [0.1, 0.15) is 11.6 Å². The highest BCUT2D eigenvalue weighted by Gasteiger charge is 2.20. The molecule has 0 aromatic heterocycles. The number of rotatable bonds is 2. The van der Waals surface area contributed by atoms with Crippen LogP contribution in [0.4, 0.5) is 14.5 Å². The van der Waals surface area contributed by atoms with Crippen LogP contribution < -0.4 is 14.8 Å². The van der Waals surface area contributed by atoms with Crippen molar-refractivity contribution >= 4 is 23.2 Å². The average molecular weight is 312 g/mol. The quantitative estimate of drug-likeness (QED) is 0.922. The number of nitrogens with one attached hydrogen (secondary N) is 1. The molecule has 0 fully saturated rings. The van der Waals surface area contributed by atoms with Gasteiger partial charge in [-0.05, 0) is 24.3 Å². The van der Waals surface area contributed by atoms with Gasteiger partial charge in [-0.1, -0.05) is 11.6 Å². The Kier molecular flexibility index (Phi) is 3.39. The van der Waals surface area contributed by atoms with Gasteiger partial charge >= 0.3 is 0 Å². The first kappa shape index (κ1) is 13.6. The van der Waals surface area contributed by atoms with Crippen LogP contribution in [0.1, 0.15) is 10.4 Å². The molecule has 1 aliphatic heterocycles. The van der Waals surface area contributed by atoms with Gasteiger partial charge < -0.3 is 14.8 Å². The second kappa shape index (κ2) is 5.21. The Hall–Kier alpha value is -2.34. The molecule has 3 rings (SSSR count). The molecule has 2 aromatic carbocycles. The number of amides is 1. The number of ether oxygens (including phenoxy) is 2. The van der Waals surface area contributed by atoms with Crippen LogP contribution in [-0.4, -0.2) is 12.7 Å². The van der Waals surface area contributed by atoms with E-state index in [-0.39, 0.29) is 23.1 Å². The maximum atomic E-state index is 13.1. The van der Waals surface area contributed by atoms with Crippen molar-refractivity contribution in [1.29, 1.82) is 0 Å². The summed E-state index contributed by atoms with van der Waals surface area (Å²) in [6, 6.07) is 5.57. The van der Waals surface area contributed by atoms with Gasteiger partial charge in [-0.2, -0.15) is 0 Å². The number of benzene rings is 2. The molecular weight excluding hydrogens is 304 g/mol. The van der Waals surface area contributed by atoms with Crippen molar-refractivity contribution in [2.45, 2.75) is 0 Å². The Morgan fingerprint density at radius 1 is 1.10 bits per heavy atom. The van der Waals surface area contributed by atoms with E-state index < -0.39 is 17.5 Å². The Labute approximate surface area is 123 Å². The van der Waals surface area contributed by atoms with Crippen LogP contribution in [0.15, 0.2) is 30.3 Å². The molecule has 0 radical (unpaired) electrons. The van der Waals surface area contributed by atoms with E-state index in [0.717, 1.165) is 12.1 Å². The van der Waals surface area contributed by atoms with Crippen LogP contribution >= 0.6 is 11.6 Å². The lowest BCUT2D eigenvalue weighted by atomic mass is 10.2. The fourth-order valence-corrected chi connectivity index (χ4v) is 2.19. The van der Waals surface area contributed by atoms with E-state index in [4.69, 9.17) is 21.1 Å². The van der Waals surface area contributed by atoms with Crippen LogP contribution in [0.5, 0.6) is 11.5 Å². The van der Waals surface area contributed by atoms with Crippen molar-refractivity contribution in [3.05, 3.63) is 52.6 Å². The lowest BCUT2D eigenvalue weighted by molar-refractivity contribution is 0.102. The largest absolute Gasteiger partial charge is 0.454 e. The van der Waals surface area contributed by atoms with Crippen molar-refractivity contribution in [1.82, 2.24) is 0 Å². The van der Waals surface area contributed by atoms with E-state index in [2.05, 4.69) is 5.32 Å². The summed E-state index contributed by atoms with van der Waals surface area (Å²) in [5.41, 5.74) is 0.195. The third-order valence-electron chi connectivity index (χ3n) is 2.81. The number of halogens is 3. The Morgan fingerprint density at radius 2 is 1.81 bits per heavy atom. The molecule has 1 aliphatic rings. The van der Waals surface area contributed by atoms with Crippen LogP contribution in [0, 0.1) is 11.6 Å². The second-order valence-electron chi connectivity index (χ2n) is 4.30. The zero-order valence-corrected chi connectivity index (χ0v) is 11.2. The lowest BCUT2D eigenvalue weighted by Crippen LogP contribution is -2.12. The van der Waals surface area contributed by atoms with Crippen molar-refractivity contribution in [2.24, 2.45) is 0 Å². The van der Waals surface area contributed by atoms with Crippen LogP contribution in [0.3, 0.4) is 0 Å². The summed E-state index contributed by atoms with van der Waals surface area (Å²) in [7, 11) is 0. The van der Waals surface area contributed by atoms with Crippen molar-refractivity contribution in [2.75, 3.05) is 12.1 Å². The first-order valence-corrected chi connectivity index (χ1v) is 6.27. The summed E-state index contributed by atoms with van der Waals surface area (Å²) in [6.45, 7) is 0.0230. The standard InChI is InChI=1S/C14H8ClF2NO3/c15-11-1-7(2-12-13(11)21-6-20-12)14(19)18-10-4-8(16)3-9(17)5-10/h1-5H,6H2,(H,18,19). The van der Waals surface area contributed by atoms with E-state index in [0.29, 0.717) is 17.6 Å². The van der Waals surface area contributed by atoms with Crippen LogP contribution in [-0.2, 0) is 0 Å². The van der Waals surface area contributed by atoms with E-state index >= 15 is 0 Å². The SMILES string of the molecule is O=C(Nc1cc(F)cc(F)c1)c1cc(Cl)c2c(c1)OCO2. The van der Waals surface area contributed by atoms with Gasteiger partial charge in [-0.3, -0.25) is 4.79 Å². The molecule has 108 valence electrons. The highest BCUT2D eigenvalue weighted by molar-refractivity contribution is 6.32. The predicted molar refractivity (Wildman–Crippen MR) is 71.9 cm³/mol. The van der Waals surface area contributed by atoms with E-state index in [9.17, 15) is 13.6 Å². The van der Waals surface area contributed by atoms with E-state index in [1.165, 1.54) is 12.1 Å². The molecule has 4 nitrogen and oxygen atoms in total. The molecule has 1 amide bonds.